The molecule has 0 amide bonds. The quantitative estimate of drug-likeness (QED) is 0.0577. The first kappa shape index (κ1) is 37.2. The van der Waals surface area contributed by atoms with E-state index in [-0.39, 0.29) is 11.3 Å². The van der Waals surface area contributed by atoms with E-state index in [9.17, 15) is 9.59 Å². The third-order valence-corrected chi connectivity index (χ3v) is 7.94. The number of ether oxygens (including phenoxy) is 4. The molecule has 0 N–H and O–H groups in total. The number of nitrogens with zero attached hydrogens (tertiary/aromatic N) is 1. The maximum Gasteiger partial charge on any atom is 0.347 e. The Balaban J connectivity index is 1.58. The third kappa shape index (κ3) is 14.3. The van der Waals surface area contributed by atoms with Gasteiger partial charge in [0, 0.05) is 0 Å². The SMILES string of the molecule is CCCCCCCCCCCOc1ccc(OC(=O)c2ccc(OCCCCCCCC)cc2)cc1C(=O)Oc1ccc(C#N)cc1. The van der Waals surface area contributed by atoms with E-state index < -0.39 is 11.9 Å². The molecule has 3 aromatic carbocycles. The first-order valence-corrected chi connectivity index (χ1v) is 17.5. The summed E-state index contributed by atoms with van der Waals surface area (Å²) < 4.78 is 23.1. The minimum atomic E-state index is -0.651. The zero-order valence-corrected chi connectivity index (χ0v) is 28.3. The molecule has 0 saturated carbocycles. The Morgan fingerprint density at radius 3 is 1.62 bits per heavy atom. The van der Waals surface area contributed by atoms with Crippen molar-refractivity contribution in [3.8, 4) is 29.1 Å². The largest absolute Gasteiger partial charge is 0.494 e. The predicted octanol–water partition coefficient (Wildman–Crippen LogP) is 10.6. The Hall–Kier alpha value is -4.31. The van der Waals surface area contributed by atoms with Crippen molar-refractivity contribution in [2.75, 3.05) is 13.2 Å². The predicted molar refractivity (Wildman–Crippen MR) is 186 cm³/mol. The van der Waals surface area contributed by atoms with Gasteiger partial charge in [0.2, 0.25) is 0 Å². The van der Waals surface area contributed by atoms with Gasteiger partial charge in [0.05, 0.1) is 30.4 Å². The lowest BCUT2D eigenvalue weighted by Crippen LogP contribution is -2.13. The summed E-state index contributed by atoms with van der Waals surface area (Å²) in [6.45, 7) is 5.54. The van der Waals surface area contributed by atoms with Crippen molar-refractivity contribution < 1.29 is 28.5 Å². The zero-order valence-electron chi connectivity index (χ0n) is 28.3. The molecule has 0 aromatic heterocycles. The molecule has 3 aromatic rings. The van der Waals surface area contributed by atoms with E-state index >= 15 is 0 Å². The first-order chi connectivity index (χ1) is 23.0. The van der Waals surface area contributed by atoms with E-state index in [1.54, 1.807) is 60.7 Å². The van der Waals surface area contributed by atoms with Crippen molar-refractivity contribution in [1.82, 2.24) is 0 Å². The Labute approximate surface area is 281 Å². The summed E-state index contributed by atoms with van der Waals surface area (Å²) in [4.78, 5) is 26.2. The van der Waals surface area contributed by atoms with E-state index in [1.165, 1.54) is 70.3 Å². The molecule has 0 radical (unpaired) electrons. The van der Waals surface area contributed by atoms with Gasteiger partial charge in [0.25, 0.3) is 0 Å². The Morgan fingerprint density at radius 1 is 0.553 bits per heavy atom. The van der Waals surface area contributed by atoms with Crippen LogP contribution in [0.4, 0.5) is 0 Å². The minimum absolute atomic E-state index is 0.147. The van der Waals surface area contributed by atoms with Crippen molar-refractivity contribution in [2.24, 2.45) is 0 Å². The van der Waals surface area contributed by atoms with E-state index in [0.29, 0.717) is 41.6 Å². The average Bonchev–Trinajstić information content (AvgIpc) is 3.09. The highest BCUT2D eigenvalue weighted by Gasteiger charge is 2.19. The standard InChI is InChI=1S/C40H51NO6/c1-3-5-7-9-11-12-13-15-17-29-45-38-27-26-36(30-37(38)40(43)46-35-22-18-32(31-41)19-23-35)47-39(42)33-20-24-34(25-21-33)44-28-16-14-10-8-6-4-2/h18-27,30H,3-17,28-29H2,1-2H3. The fourth-order valence-electron chi connectivity index (χ4n) is 5.14. The van der Waals surface area contributed by atoms with Crippen molar-refractivity contribution in [2.45, 2.75) is 110 Å². The van der Waals surface area contributed by atoms with Crippen LogP contribution >= 0.6 is 0 Å². The summed E-state index contributed by atoms with van der Waals surface area (Å²) in [6.07, 6.45) is 17.9. The zero-order chi connectivity index (χ0) is 33.5. The molecule has 3 rings (SSSR count). The summed E-state index contributed by atoms with van der Waals surface area (Å²) in [7, 11) is 0. The maximum atomic E-state index is 13.3. The number of nitriles is 1. The normalized spacial score (nSPS) is 10.7. The number of unbranched alkanes of at least 4 members (excludes halogenated alkanes) is 13. The van der Waals surface area contributed by atoms with Gasteiger partial charge in [-0.15, -0.1) is 0 Å². The van der Waals surface area contributed by atoms with Crippen molar-refractivity contribution in [3.63, 3.8) is 0 Å². The Morgan fingerprint density at radius 2 is 1.04 bits per heavy atom. The van der Waals surface area contributed by atoms with Crippen LogP contribution in [0.15, 0.2) is 66.7 Å². The molecular weight excluding hydrogens is 590 g/mol. The molecule has 0 aliphatic heterocycles. The van der Waals surface area contributed by atoms with Gasteiger partial charge in [-0.2, -0.15) is 5.26 Å². The number of esters is 2. The lowest BCUT2D eigenvalue weighted by molar-refractivity contribution is 0.0711. The van der Waals surface area contributed by atoms with Crippen LogP contribution in [-0.2, 0) is 0 Å². The first-order valence-electron chi connectivity index (χ1n) is 17.5. The van der Waals surface area contributed by atoms with Crippen molar-refractivity contribution >= 4 is 11.9 Å². The van der Waals surface area contributed by atoms with Gasteiger partial charge in [0.15, 0.2) is 0 Å². The van der Waals surface area contributed by atoms with Crippen LogP contribution in [0.2, 0.25) is 0 Å². The fraction of sp³-hybridized carbons (Fsp3) is 0.475. The highest BCUT2D eigenvalue weighted by Crippen LogP contribution is 2.28. The van der Waals surface area contributed by atoms with Crippen LogP contribution in [0.5, 0.6) is 23.0 Å². The van der Waals surface area contributed by atoms with Crippen LogP contribution < -0.4 is 18.9 Å². The van der Waals surface area contributed by atoms with Crippen LogP contribution in [0.1, 0.15) is 136 Å². The summed E-state index contributed by atoms with van der Waals surface area (Å²) in [5.74, 6) is 0.343. The van der Waals surface area contributed by atoms with Gasteiger partial charge < -0.3 is 18.9 Å². The second-order valence-corrected chi connectivity index (χ2v) is 11.9. The van der Waals surface area contributed by atoms with E-state index in [0.717, 1.165) is 32.1 Å². The number of benzene rings is 3. The highest BCUT2D eigenvalue weighted by atomic mass is 16.5. The maximum absolute atomic E-state index is 13.3. The molecule has 7 heteroatoms. The van der Waals surface area contributed by atoms with E-state index in [2.05, 4.69) is 13.8 Å². The van der Waals surface area contributed by atoms with Gasteiger partial charge in [-0.3, -0.25) is 0 Å². The smallest absolute Gasteiger partial charge is 0.347 e. The molecule has 7 nitrogen and oxygen atoms in total. The van der Waals surface area contributed by atoms with Gasteiger partial charge in [-0.1, -0.05) is 97.3 Å². The van der Waals surface area contributed by atoms with Crippen LogP contribution in [-0.4, -0.2) is 25.2 Å². The molecule has 0 atom stereocenters. The highest BCUT2D eigenvalue weighted by molar-refractivity contribution is 5.95. The summed E-state index contributed by atoms with van der Waals surface area (Å²) >= 11 is 0. The third-order valence-electron chi connectivity index (χ3n) is 7.94. The van der Waals surface area contributed by atoms with E-state index in [4.69, 9.17) is 24.2 Å². The molecule has 0 heterocycles. The molecule has 47 heavy (non-hydrogen) atoms. The number of carbonyl (C=O) groups is 2. The fourth-order valence-corrected chi connectivity index (χ4v) is 5.14. The van der Waals surface area contributed by atoms with E-state index in [1.807, 2.05) is 6.07 Å². The number of rotatable bonds is 23. The molecular formula is C40H51NO6. The lowest BCUT2D eigenvalue weighted by atomic mass is 10.1. The monoisotopic (exact) mass is 641 g/mol. The van der Waals surface area contributed by atoms with Gasteiger partial charge in [0.1, 0.15) is 28.6 Å². The lowest BCUT2D eigenvalue weighted by Gasteiger charge is -2.13. The Bertz CT molecular complexity index is 1380. The molecule has 0 spiro atoms. The minimum Gasteiger partial charge on any atom is -0.494 e. The second-order valence-electron chi connectivity index (χ2n) is 11.9. The molecule has 0 saturated heterocycles. The summed E-state index contributed by atoms with van der Waals surface area (Å²) in [6, 6.07) is 19.9. The number of hydrogen-bond acceptors (Lipinski definition) is 7. The second kappa shape index (κ2) is 22.3. The summed E-state index contributed by atoms with van der Waals surface area (Å²) in [5, 5.41) is 9.07. The topological polar surface area (TPSA) is 94.8 Å². The number of hydrogen-bond donors (Lipinski definition) is 0. The van der Waals surface area contributed by atoms with Crippen molar-refractivity contribution in [1.29, 1.82) is 5.26 Å². The molecule has 0 fully saturated rings. The average molecular weight is 642 g/mol. The molecule has 252 valence electrons. The van der Waals surface area contributed by atoms with Crippen molar-refractivity contribution in [3.05, 3.63) is 83.4 Å². The van der Waals surface area contributed by atoms with Crippen LogP contribution in [0, 0.1) is 11.3 Å². The number of carbonyl (C=O) groups excluding carboxylic acids is 2. The molecule has 0 unspecified atom stereocenters. The van der Waals surface area contributed by atoms with Gasteiger partial charge >= 0.3 is 11.9 Å². The summed E-state index contributed by atoms with van der Waals surface area (Å²) in [5.41, 5.74) is 0.972. The molecule has 0 bridgehead atoms. The van der Waals surface area contributed by atoms with Gasteiger partial charge in [-0.05, 0) is 79.6 Å². The van der Waals surface area contributed by atoms with Crippen LogP contribution in [0.25, 0.3) is 0 Å². The Kier molecular flexibility index (Phi) is 17.6. The van der Waals surface area contributed by atoms with Gasteiger partial charge in [-0.25, -0.2) is 9.59 Å². The molecule has 0 aliphatic rings. The molecule has 0 aliphatic carbocycles. The van der Waals surface area contributed by atoms with Crippen LogP contribution in [0.3, 0.4) is 0 Å².